The monoisotopic (exact) mass is 406 g/mol. The summed E-state index contributed by atoms with van der Waals surface area (Å²) in [7, 11) is -3.64. The van der Waals surface area contributed by atoms with Crippen LogP contribution in [-0.4, -0.2) is 24.3 Å². The third-order valence-corrected chi connectivity index (χ3v) is 6.04. The molecule has 0 N–H and O–H groups in total. The van der Waals surface area contributed by atoms with Crippen molar-refractivity contribution < 1.29 is 8.42 Å². The van der Waals surface area contributed by atoms with E-state index in [9.17, 15) is 8.42 Å². The Morgan fingerprint density at radius 1 is 1.43 bits per heavy atom. The molecule has 0 unspecified atom stereocenters. The van der Waals surface area contributed by atoms with Crippen LogP contribution in [0.2, 0.25) is 4.34 Å². The minimum atomic E-state index is -3.64. The van der Waals surface area contributed by atoms with Crippen molar-refractivity contribution in [2.75, 3.05) is 6.54 Å². The molecule has 0 bridgehead atoms. The smallest absolute Gasteiger partial charge is 0.245 e. The highest BCUT2D eigenvalue weighted by Gasteiger charge is 2.24. The van der Waals surface area contributed by atoms with Crippen molar-refractivity contribution in [3.8, 4) is 0 Å². The molecular weight excluding hydrogens is 396 g/mol. The molecule has 112 valence electrons. The molecule has 21 heavy (non-hydrogen) atoms. The number of rotatable bonds is 6. The molecule has 0 saturated carbocycles. The molecule has 0 fully saturated rings. The maximum absolute atomic E-state index is 12.7. The Bertz CT molecular complexity index is 746. The van der Waals surface area contributed by atoms with Gasteiger partial charge in [0.05, 0.1) is 4.34 Å². The summed E-state index contributed by atoms with van der Waals surface area (Å²) < 4.78 is 27.9. The van der Waals surface area contributed by atoms with E-state index in [0.29, 0.717) is 8.81 Å². The van der Waals surface area contributed by atoms with Crippen LogP contribution in [0.1, 0.15) is 4.88 Å². The summed E-state index contributed by atoms with van der Waals surface area (Å²) in [4.78, 5) is 4.92. The van der Waals surface area contributed by atoms with Crippen molar-refractivity contribution in [2.45, 2.75) is 11.4 Å². The SMILES string of the molecule is C=CCN(Cc1ccc(Cl)s1)S(=O)(=O)c1cncc(Br)c1. The Kier molecular flexibility index (Phi) is 5.56. The lowest BCUT2D eigenvalue weighted by atomic mass is 10.4. The molecule has 0 atom stereocenters. The first-order chi connectivity index (χ1) is 9.93. The van der Waals surface area contributed by atoms with Crippen molar-refractivity contribution in [3.63, 3.8) is 0 Å². The fraction of sp³-hybridized carbons (Fsp3) is 0.154. The number of halogens is 2. The van der Waals surface area contributed by atoms with Gasteiger partial charge in [0.15, 0.2) is 0 Å². The summed E-state index contributed by atoms with van der Waals surface area (Å²) in [6.07, 6.45) is 4.42. The number of sulfonamides is 1. The molecule has 0 spiro atoms. The first-order valence-corrected chi connectivity index (χ1v) is 9.32. The van der Waals surface area contributed by atoms with Gasteiger partial charge in [0, 0.05) is 34.8 Å². The van der Waals surface area contributed by atoms with Crippen LogP contribution in [-0.2, 0) is 16.6 Å². The van der Waals surface area contributed by atoms with Gasteiger partial charge in [0.25, 0.3) is 0 Å². The topological polar surface area (TPSA) is 50.3 Å². The lowest BCUT2D eigenvalue weighted by Crippen LogP contribution is -2.30. The number of aromatic nitrogens is 1. The van der Waals surface area contributed by atoms with E-state index in [0.717, 1.165) is 4.88 Å². The minimum Gasteiger partial charge on any atom is -0.262 e. The molecule has 0 amide bonds. The number of pyridine rings is 1. The lowest BCUT2D eigenvalue weighted by Gasteiger charge is -2.20. The standard InChI is InChI=1S/C13H12BrClN2O2S2/c1-2-5-17(9-11-3-4-13(15)20-11)21(18,19)12-6-10(14)7-16-8-12/h2-4,6-8H,1,5,9H2. The fourth-order valence-electron chi connectivity index (χ4n) is 1.68. The average Bonchev–Trinajstić information content (AvgIpc) is 2.84. The van der Waals surface area contributed by atoms with Crippen LogP contribution in [0.15, 0.2) is 52.6 Å². The molecule has 2 rings (SSSR count). The molecule has 2 heterocycles. The van der Waals surface area contributed by atoms with Gasteiger partial charge in [-0.15, -0.1) is 17.9 Å². The average molecular weight is 408 g/mol. The number of thiophene rings is 1. The summed E-state index contributed by atoms with van der Waals surface area (Å²) in [5, 5.41) is 0. The lowest BCUT2D eigenvalue weighted by molar-refractivity contribution is 0.441. The largest absolute Gasteiger partial charge is 0.262 e. The molecule has 2 aromatic heterocycles. The van der Waals surface area contributed by atoms with E-state index in [1.807, 2.05) is 6.07 Å². The van der Waals surface area contributed by atoms with Crippen LogP contribution < -0.4 is 0 Å². The Hall–Kier alpha value is -0.730. The van der Waals surface area contributed by atoms with Gasteiger partial charge in [-0.3, -0.25) is 4.98 Å². The van der Waals surface area contributed by atoms with E-state index >= 15 is 0 Å². The van der Waals surface area contributed by atoms with Crippen LogP contribution in [0.25, 0.3) is 0 Å². The van der Waals surface area contributed by atoms with Crippen molar-refractivity contribution in [1.82, 2.24) is 9.29 Å². The molecule has 0 aromatic carbocycles. The summed E-state index contributed by atoms with van der Waals surface area (Å²) in [6.45, 7) is 4.08. The van der Waals surface area contributed by atoms with E-state index < -0.39 is 10.0 Å². The molecule has 0 aliphatic rings. The molecular formula is C13H12BrClN2O2S2. The summed E-state index contributed by atoms with van der Waals surface area (Å²) in [5.74, 6) is 0. The van der Waals surface area contributed by atoms with Crippen LogP contribution in [0.4, 0.5) is 0 Å². The Labute approximate surface area is 141 Å². The molecule has 0 saturated heterocycles. The molecule has 4 nitrogen and oxygen atoms in total. The molecule has 8 heteroatoms. The van der Waals surface area contributed by atoms with E-state index in [2.05, 4.69) is 27.5 Å². The van der Waals surface area contributed by atoms with Crippen LogP contribution in [0.5, 0.6) is 0 Å². The highest BCUT2D eigenvalue weighted by atomic mass is 79.9. The normalized spacial score (nSPS) is 11.8. The zero-order chi connectivity index (χ0) is 15.5. The molecule has 0 radical (unpaired) electrons. The number of nitrogens with zero attached hydrogens (tertiary/aromatic N) is 2. The van der Waals surface area contributed by atoms with Crippen molar-refractivity contribution in [1.29, 1.82) is 0 Å². The van der Waals surface area contributed by atoms with Gasteiger partial charge >= 0.3 is 0 Å². The first-order valence-electron chi connectivity index (χ1n) is 5.89. The predicted octanol–water partition coefficient (Wildman–Crippen LogP) is 3.94. The molecule has 2 aromatic rings. The Morgan fingerprint density at radius 3 is 2.76 bits per heavy atom. The maximum atomic E-state index is 12.7. The minimum absolute atomic E-state index is 0.140. The van der Waals surface area contributed by atoms with Crippen LogP contribution in [0, 0.1) is 0 Å². The highest BCUT2D eigenvalue weighted by Crippen LogP contribution is 2.26. The highest BCUT2D eigenvalue weighted by molar-refractivity contribution is 9.10. The van der Waals surface area contributed by atoms with E-state index in [1.165, 1.54) is 34.1 Å². The van der Waals surface area contributed by atoms with Crippen molar-refractivity contribution >= 4 is 48.9 Å². The fourth-order valence-corrected chi connectivity index (χ4v) is 4.76. The van der Waals surface area contributed by atoms with E-state index in [-0.39, 0.29) is 18.0 Å². The Balaban J connectivity index is 2.34. The van der Waals surface area contributed by atoms with E-state index in [4.69, 9.17) is 11.6 Å². The summed E-state index contributed by atoms with van der Waals surface area (Å²) in [5.41, 5.74) is 0. The molecule has 0 aliphatic heterocycles. The van der Waals surface area contributed by atoms with Gasteiger partial charge < -0.3 is 0 Å². The van der Waals surface area contributed by atoms with Crippen molar-refractivity contribution in [3.05, 3.63) is 56.9 Å². The van der Waals surface area contributed by atoms with Gasteiger partial charge in [0.1, 0.15) is 4.90 Å². The van der Waals surface area contributed by atoms with Crippen LogP contribution in [0.3, 0.4) is 0 Å². The molecule has 0 aliphatic carbocycles. The van der Waals surface area contributed by atoms with Gasteiger partial charge in [-0.1, -0.05) is 17.7 Å². The van der Waals surface area contributed by atoms with Gasteiger partial charge in [-0.2, -0.15) is 4.31 Å². The van der Waals surface area contributed by atoms with Gasteiger partial charge in [0.2, 0.25) is 10.0 Å². The van der Waals surface area contributed by atoms with E-state index in [1.54, 1.807) is 12.1 Å². The summed E-state index contributed by atoms with van der Waals surface area (Å²) >= 11 is 10.5. The third-order valence-electron chi connectivity index (χ3n) is 2.61. The second-order valence-electron chi connectivity index (χ2n) is 4.13. The zero-order valence-corrected chi connectivity index (χ0v) is 14.8. The first kappa shape index (κ1) is 16.6. The van der Waals surface area contributed by atoms with Crippen molar-refractivity contribution in [2.24, 2.45) is 0 Å². The van der Waals surface area contributed by atoms with Crippen LogP contribution >= 0.6 is 38.9 Å². The second-order valence-corrected chi connectivity index (χ2v) is 8.78. The predicted molar refractivity (Wildman–Crippen MR) is 89.1 cm³/mol. The zero-order valence-electron chi connectivity index (χ0n) is 10.9. The number of hydrogen-bond acceptors (Lipinski definition) is 4. The third kappa shape index (κ3) is 4.14. The number of hydrogen-bond donors (Lipinski definition) is 0. The quantitative estimate of drug-likeness (QED) is 0.682. The summed E-state index contributed by atoms with van der Waals surface area (Å²) in [6, 6.07) is 5.10. The van der Waals surface area contributed by atoms with Gasteiger partial charge in [-0.05, 0) is 34.1 Å². The second kappa shape index (κ2) is 7.02. The van der Waals surface area contributed by atoms with Gasteiger partial charge in [-0.25, -0.2) is 8.42 Å². The maximum Gasteiger partial charge on any atom is 0.245 e. The Morgan fingerprint density at radius 2 is 2.19 bits per heavy atom.